The van der Waals surface area contributed by atoms with Gasteiger partial charge < -0.3 is 4.57 Å². The average Bonchev–Trinajstić information content (AvgIpc) is 2.49. The highest BCUT2D eigenvalue weighted by atomic mass is 15.1. The summed E-state index contributed by atoms with van der Waals surface area (Å²) in [7, 11) is 0. The van der Waals surface area contributed by atoms with E-state index in [4.69, 9.17) is 0 Å². The van der Waals surface area contributed by atoms with Gasteiger partial charge in [-0.3, -0.25) is 0 Å². The first-order valence-electron chi connectivity index (χ1n) is 4.81. The Morgan fingerprint density at radius 1 is 1.29 bits per heavy atom. The summed E-state index contributed by atoms with van der Waals surface area (Å²) in [6.45, 7) is 7.27. The number of imidazole rings is 1. The van der Waals surface area contributed by atoms with Crippen LogP contribution in [0.2, 0.25) is 0 Å². The van der Waals surface area contributed by atoms with E-state index < -0.39 is 0 Å². The molecule has 0 aliphatic carbocycles. The van der Waals surface area contributed by atoms with E-state index in [-0.39, 0.29) is 0 Å². The van der Waals surface area contributed by atoms with Crippen molar-refractivity contribution >= 4 is 11.2 Å². The van der Waals surface area contributed by atoms with E-state index >= 15 is 0 Å². The fraction of sp³-hybridized carbons (Fsp3) is 0.500. The van der Waals surface area contributed by atoms with E-state index in [9.17, 15) is 0 Å². The Labute approximate surface area is 83.0 Å². The molecule has 0 atom stereocenters. The van der Waals surface area contributed by atoms with E-state index in [0.717, 1.165) is 23.4 Å². The molecule has 2 aromatic rings. The van der Waals surface area contributed by atoms with Crippen molar-refractivity contribution in [3.63, 3.8) is 0 Å². The molecule has 2 heterocycles. The molecule has 0 saturated heterocycles. The van der Waals surface area contributed by atoms with Gasteiger partial charge in [-0.2, -0.15) is 0 Å². The first kappa shape index (κ1) is 9.12. The molecular weight excluding hydrogens is 176 g/mol. The SMILES string of the molecule is Cc1ncnc2c1ncn2CC(C)C. The van der Waals surface area contributed by atoms with Gasteiger partial charge in [0.15, 0.2) is 5.65 Å². The molecule has 0 radical (unpaired) electrons. The normalized spacial score (nSPS) is 11.4. The molecule has 4 nitrogen and oxygen atoms in total. The Morgan fingerprint density at radius 3 is 2.79 bits per heavy atom. The van der Waals surface area contributed by atoms with Crippen molar-refractivity contribution in [3.8, 4) is 0 Å². The fourth-order valence-corrected chi connectivity index (χ4v) is 1.52. The molecular formula is C10H14N4. The van der Waals surface area contributed by atoms with Crippen molar-refractivity contribution < 1.29 is 0 Å². The molecule has 0 bridgehead atoms. The first-order valence-corrected chi connectivity index (χ1v) is 4.81. The van der Waals surface area contributed by atoms with Gasteiger partial charge in [0.2, 0.25) is 0 Å². The minimum Gasteiger partial charge on any atom is -0.315 e. The second-order valence-corrected chi connectivity index (χ2v) is 3.92. The van der Waals surface area contributed by atoms with Crippen LogP contribution >= 0.6 is 0 Å². The molecule has 0 unspecified atom stereocenters. The van der Waals surface area contributed by atoms with Crippen LogP contribution in [0.5, 0.6) is 0 Å². The molecule has 0 spiro atoms. The number of rotatable bonds is 2. The first-order chi connectivity index (χ1) is 6.68. The van der Waals surface area contributed by atoms with E-state index in [0.29, 0.717) is 5.92 Å². The van der Waals surface area contributed by atoms with Crippen LogP contribution in [0.1, 0.15) is 19.5 Å². The smallest absolute Gasteiger partial charge is 0.163 e. The van der Waals surface area contributed by atoms with Crippen molar-refractivity contribution in [2.75, 3.05) is 0 Å². The van der Waals surface area contributed by atoms with Gasteiger partial charge in [-0.15, -0.1) is 0 Å². The van der Waals surface area contributed by atoms with E-state index in [2.05, 4.69) is 33.4 Å². The highest BCUT2D eigenvalue weighted by Gasteiger charge is 2.07. The summed E-state index contributed by atoms with van der Waals surface area (Å²) in [6, 6.07) is 0. The number of fused-ring (bicyclic) bond motifs is 1. The molecule has 4 heteroatoms. The summed E-state index contributed by atoms with van der Waals surface area (Å²) in [6.07, 6.45) is 3.43. The van der Waals surface area contributed by atoms with Gasteiger partial charge >= 0.3 is 0 Å². The maximum Gasteiger partial charge on any atom is 0.163 e. The van der Waals surface area contributed by atoms with Crippen LogP contribution in [-0.2, 0) is 6.54 Å². The Morgan fingerprint density at radius 2 is 2.07 bits per heavy atom. The molecule has 0 aromatic carbocycles. The molecule has 14 heavy (non-hydrogen) atoms. The molecule has 0 aliphatic rings. The second-order valence-electron chi connectivity index (χ2n) is 3.92. The zero-order valence-corrected chi connectivity index (χ0v) is 8.73. The highest BCUT2D eigenvalue weighted by molar-refractivity contribution is 5.72. The van der Waals surface area contributed by atoms with Crippen LogP contribution in [0.4, 0.5) is 0 Å². The summed E-state index contributed by atoms with van der Waals surface area (Å²) in [4.78, 5) is 12.7. The molecule has 0 aliphatic heterocycles. The van der Waals surface area contributed by atoms with Crippen molar-refractivity contribution in [2.45, 2.75) is 27.3 Å². The summed E-state index contributed by atoms with van der Waals surface area (Å²) in [5.41, 5.74) is 2.79. The lowest BCUT2D eigenvalue weighted by Crippen LogP contribution is -2.03. The molecule has 2 rings (SSSR count). The topological polar surface area (TPSA) is 43.6 Å². The van der Waals surface area contributed by atoms with Crippen LogP contribution in [0.15, 0.2) is 12.7 Å². The lowest BCUT2D eigenvalue weighted by atomic mass is 10.2. The maximum absolute atomic E-state index is 4.31. The summed E-state index contributed by atoms with van der Waals surface area (Å²) >= 11 is 0. The summed E-state index contributed by atoms with van der Waals surface area (Å²) < 4.78 is 2.08. The van der Waals surface area contributed by atoms with E-state index in [1.54, 1.807) is 6.33 Å². The van der Waals surface area contributed by atoms with Crippen molar-refractivity contribution in [1.29, 1.82) is 0 Å². The van der Waals surface area contributed by atoms with Crippen LogP contribution in [0.3, 0.4) is 0 Å². The van der Waals surface area contributed by atoms with Crippen molar-refractivity contribution in [3.05, 3.63) is 18.3 Å². The fourth-order valence-electron chi connectivity index (χ4n) is 1.52. The molecule has 0 amide bonds. The Bertz CT molecular complexity index is 444. The summed E-state index contributed by atoms with van der Waals surface area (Å²) in [5.74, 6) is 0.600. The molecule has 0 saturated carbocycles. The van der Waals surface area contributed by atoms with Gasteiger partial charge in [0, 0.05) is 6.54 Å². The third kappa shape index (κ3) is 1.47. The van der Waals surface area contributed by atoms with Crippen LogP contribution in [0.25, 0.3) is 11.2 Å². The monoisotopic (exact) mass is 190 g/mol. The predicted octanol–water partition coefficient (Wildman–Crippen LogP) is 1.79. The number of hydrogen-bond donors (Lipinski definition) is 0. The van der Waals surface area contributed by atoms with Crippen LogP contribution in [0, 0.1) is 12.8 Å². The number of aryl methyl sites for hydroxylation is 1. The van der Waals surface area contributed by atoms with Crippen molar-refractivity contribution in [1.82, 2.24) is 19.5 Å². The molecule has 0 N–H and O–H groups in total. The standard InChI is InChI=1S/C10H14N4/c1-7(2)4-14-6-13-9-8(3)11-5-12-10(9)14/h5-7H,4H2,1-3H3. The largest absolute Gasteiger partial charge is 0.315 e. The maximum atomic E-state index is 4.31. The zero-order chi connectivity index (χ0) is 10.1. The molecule has 2 aromatic heterocycles. The molecule has 0 fully saturated rings. The van der Waals surface area contributed by atoms with Gasteiger partial charge in [0.1, 0.15) is 11.8 Å². The summed E-state index contributed by atoms with van der Waals surface area (Å²) in [5, 5.41) is 0. The van der Waals surface area contributed by atoms with Crippen LogP contribution < -0.4 is 0 Å². The quantitative estimate of drug-likeness (QED) is 0.725. The van der Waals surface area contributed by atoms with Gasteiger partial charge in [0.25, 0.3) is 0 Å². The van der Waals surface area contributed by atoms with Crippen LogP contribution in [-0.4, -0.2) is 19.5 Å². The molecule has 74 valence electrons. The third-order valence-corrected chi connectivity index (χ3v) is 2.15. The zero-order valence-electron chi connectivity index (χ0n) is 8.73. The lowest BCUT2D eigenvalue weighted by Gasteiger charge is -2.05. The van der Waals surface area contributed by atoms with Crippen molar-refractivity contribution in [2.24, 2.45) is 5.92 Å². The minimum absolute atomic E-state index is 0.600. The highest BCUT2D eigenvalue weighted by Crippen LogP contribution is 2.13. The van der Waals surface area contributed by atoms with E-state index in [1.165, 1.54) is 0 Å². The number of hydrogen-bond acceptors (Lipinski definition) is 3. The lowest BCUT2D eigenvalue weighted by molar-refractivity contribution is 0.530. The average molecular weight is 190 g/mol. The second kappa shape index (κ2) is 3.36. The van der Waals surface area contributed by atoms with Gasteiger partial charge in [0.05, 0.1) is 12.0 Å². The van der Waals surface area contributed by atoms with Gasteiger partial charge in [-0.25, -0.2) is 15.0 Å². The number of aromatic nitrogens is 4. The van der Waals surface area contributed by atoms with Gasteiger partial charge in [-0.1, -0.05) is 13.8 Å². The van der Waals surface area contributed by atoms with E-state index in [1.807, 2.05) is 13.3 Å². The Kier molecular flexibility index (Phi) is 2.19. The Hall–Kier alpha value is -1.45. The Balaban J connectivity index is 2.52. The predicted molar refractivity (Wildman–Crippen MR) is 54.9 cm³/mol. The third-order valence-electron chi connectivity index (χ3n) is 2.15. The van der Waals surface area contributed by atoms with Gasteiger partial charge in [-0.05, 0) is 12.8 Å². The number of nitrogens with zero attached hydrogens (tertiary/aromatic N) is 4. The minimum atomic E-state index is 0.600.